The molecule has 0 fully saturated rings. The molecule has 22 heavy (non-hydrogen) atoms. The first-order chi connectivity index (χ1) is 10.4. The molecule has 0 aliphatic rings. The van der Waals surface area contributed by atoms with Crippen LogP contribution < -0.4 is 5.69 Å². The lowest BCUT2D eigenvalue weighted by Crippen LogP contribution is -2.27. The molecule has 5 heteroatoms. The van der Waals surface area contributed by atoms with E-state index in [4.69, 9.17) is 0 Å². The van der Waals surface area contributed by atoms with Crippen molar-refractivity contribution < 1.29 is 0 Å². The molecular formula is C17H20N4O. The summed E-state index contributed by atoms with van der Waals surface area (Å²) in [5.41, 5.74) is 3.34. The Hall–Kier alpha value is -2.43. The van der Waals surface area contributed by atoms with Crippen LogP contribution in [0, 0.1) is 5.41 Å². The van der Waals surface area contributed by atoms with Crippen LogP contribution in [0.2, 0.25) is 0 Å². The summed E-state index contributed by atoms with van der Waals surface area (Å²) in [5, 5.41) is 0. The Morgan fingerprint density at radius 3 is 2.59 bits per heavy atom. The summed E-state index contributed by atoms with van der Waals surface area (Å²) >= 11 is 0. The molecule has 3 aromatic rings. The maximum absolute atomic E-state index is 12.5. The number of aryl methyl sites for hydroxylation is 1. The lowest BCUT2D eigenvalue weighted by molar-refractivity contribution is 0.342. The van der Waals surface area contributed by atoms with Crippen molar-refractivity contribution in [3.8, 4) is 11.3 Å². The molecule has 0 unspecified atom stereocenters. The summed E-state index contributed by atoms with van der Waals surface area (Å²) in [6.07, 6.45) is 3.51. The van der Waals surface area contributed by atoms with Crippen LogP contribution in [0.1, 0.15) is 20.8 Å². The average Bonchev–Trinajstić information content (AvgIpc) is 2.71. The van der Waals surface area contributed by atoms with E-state index >= 15 is 0 Å². The molecule has 3 heterocycles. The van der Waals surface area contributed by atoms with Crippen LogP contribution in [0.25, 0.3) is 22.4 Å². The van der Waals surface area contributed by atoms with E-state index in [1.165, 1.54) is 0 Å². The van der Waals surface area contributed by atoms with E-state index in [9.17, 15) is 4.79 Å². The molecule has 0 aliphatic carbocycles. The predicted molar refractivity (Wildman–Crippen MR) is 87.7 cm³/mol. The lowest BCUT2D eigenvalue weighted by Gasteiger charge is -2.18. The summed E-state index contributed by atoms with van der Waals surface area (Å²) in [6, 6.07) is 7.76. The molecule has 0 aromatic carbocycles. The monoisotopic (exact) mass is 296 g/mol. The standard InChI is InChI=1S/C17H20N4O/c1-17(2,3)11-21-14-8-7-13(12-6-5-9-18-10-12)19-15(14)20(4)16(21)22/h5-10H,11H2,1-4H3. The molecule has 0 saturated heterocycles. The minimum Gasteiger partial charge on any atom is -0.290 e. The van der Waals surface area contributed by atoms with Crippen LogP contribution in [-0.4, -0.2) is 19.1 Å². The fourth-order valence-electron chi connectivity index (χ4n) is 2.58. The molecule has 0 radical (unpaired) electrons. The van der Waals surface area contributed by atoms with Crippen molar-refractivity contribution in [1.82, 2.24) is 19.1 Å². The van der Waals surface area contributed by atoms with E-state index in [1.54, 1.807) is 28.6 Å². The number of pyridine rings is 2. The van der Waals surface area contributed by atoms with Gasteiger partial charge in [-0.25, -0.2) is 9.78 Å². The van der Waals surface area contributed by atoms with E-state index in [2.05, 4.69) is 30.7 Å². The smallest absolute Gasteiger partial charge is 0.290 e. The molecule has 0 amide bonds. The Morgan fingerprint density at radius 2 is 1.95 bits per heavy atom. The first-order valence-electron chi connectivity index (χ1n) is 7.33. The predicted octanol–water partition coefficient (Wildman–Crippen LogP) is 2.84. The molecule has 3 rings (SSSR count). The van der Waals surface area contributed by atoms with Crippen molar-refractivity contribution >= 4 is 11.2 Å². The number of hydrogen-bond donors (Lipinski definition) is 0. The Labute approximate surface area is 129 Å². The Bertz CT molecular complexity index is 869. The summed E-state index contributed by atoms with van der Waals surface area (Å²) in [6.45, 7) is 7.03. The second-order valence-electron chi connectivity index (χ2n) is 6.77. The first kappa shape index (κ1) is 14.5. The van der Waals surface area contributed by atoms with Crippen molar-refractivity contribution in [1.29, 1.82) is 0 Å². The molecule has 0 saturated carbocycles. The zero-order chi connectivity index (χ0) is 15.9. The van der Waals surface area contributed by atoms with E-state index in [0.29, 0.717) is 12.2 Å². The van der Waals surface area contributed by atoms with Crippen LogP contribution in [-0.2, 0) is 13.6 Å². The van der Waals surface area contributed by atoms with E-state index in [-0.39, 0.29) is 11.1 Å². The molecule has 0 spiro atoms. The number of aromatic nitrogens is 4. The lowest BCUT2D eigenvalue weighted by atomic mass is 9.97. The van der Waals surface area contributed by atoms with Gasteiger partial charge in [-0.2, -0.15) is 0 Å². The molecular weight excluding hydrogens is 276 g/mol. The number of nitrogens with zero attached hydrogens (tertiary/aromatic N) is 4. The zero-order valence-corrected chi connectivity index (χ0v) is 13.4. The molecule has 3 aromatic heterocycles. The maximum atomic E-state index is 12.5. The number of fused-ring (bicyclic) bond motifs is 1. The molecule has 0 N–H and O–H groups in total. The minimum absolute atomic E-state index is 0.0271. The van der Waals surface area contributed by atoms with Crippen molar-refractivity contribution in [3.63, 3.8) is 0 Å². The van der Waals surface area contributed by atoms with Gasteiger partial charge < -0.3 is 0 Å². The van der Waals surface area contributed by atoms with E-state index in [1.807, 2.05) is 24.3 Å². The van der Waals surface area contributed by atoms with Gasteiger partial charge in [-0.1, -0.05) is 20.8 Å². The molecule has 5 nitrogen and oxygen atoms in total. The number of imidazole rings is 1. The third-order valence-corrected chi connectivity index (χ3v) is 3.57. The number of rotatable bonds is 2. The maximum Gasteiger partial charge on any atom is 0.330 e. The Morgan fingerprint density at radius 1 is 1.18 bits per heavy atom. The Kier molecular flexibility index (Phi) is 3.35. The van der Waals surface area contributed by atoms with Gasteiger partial charge in [0.2, 0.25) is 0 Å². The Balaban J connectivity index is 2.19. The van der Waals surface area contributed by atoms with Gasteiger partial charge in [0.15, 0.2) is 5.65 Å². The van der Waals surface area contributed by atoms with Gasteiger partial charge in [0.05, 0.1) is 11.2 Å². The van der Waals surface area contributed by atoms with Crippen LogP contribution in [0.5, 0.6) is 0 Å². The molecule has 0 bridgehead atoms. The molecule has 114 valence electrons. The van der Waals surface area contributed by atoms with Crippen LogP contribution in [0.15, 0.2) is 41.5 Å². The topological polar surface area (TPSA) is 52.7 Å². The highest BCUT2D eigenvalue weighted by molar-refractivity contribution is 5.76. The quantitative estimate of drug-likeness (QED) is 0.730. The first-order valence-corrected chi connectivity index (χ1v) is 7.33. The van der Waals surface area contributed by atoms with E-state index < -0.39 is 0 Å². The van der Waals surface area contributed by atoms with Crippen molar-refractivity contribution in [2.75, 3.05) is 0 Å². The normalized spacial score (nSPS) is 12.0. The highest BCUT2D eigenvalue weighted by Crippen LogP contribution is 2.22. The zero-order valence-electron chi connectivity index (χ0n) is 13.4. The summed E-state index contributed by atoms with van der Waals surface area (Å²) in [7, 11) is 1.77. The summed E-state index contributed by atoms with van der Waals surface area (Å²) in [5.74, 6) is 0. The van der Waals surface area contributed by atoms with Crippen LogP contribution in [0.4, 0.5) is 0 Å². The van der Waals surface area contributed by atoms with Gasteiger partial charge in [0.25, 0.3) is 0 Å². The van der Waals surface area contributed by atoms with Crippen LogP contribution in [0.3, 0.4) is 0 Å². The fraction of sp³-hybridized carbons (Fsp3) is 0.353. The van der Waals surface area contributed by atoms with Crippen molar-refractivity contribution in [3.05, 3.63) is 47.1 Å². The van der Waals surface area contributed by atoms with Crippen LogP contribution >= 0.6 is 0 Å². The van der Waals surface area contributed by atoms with Gasteiger partial charge in [-0.15, -0.1) is 0 Å². The second kappa shape index (κ2) is 5.09. The largest absolute Gasteiger partial charge is 0.330 e. The fourth-order valence-corrected chi connectivity index (χ4v) is 2.58. The van der Waals surface area contributed by atoms with Gasteiger partial charge in [-0.05, 0) is 29.7 Å². The molecule has 0 aliphatic heterocycles. The summed E-state index contributed by atoms with van der Waals surface area (Å²) < 4.78 is 3.41. The van der Waals surface area contributed by atoms with Crippen molar-refractivity contribution in [2.45, 2.75) is 27.3 Å². The van der Waals surface area contributed by atoms with Gasteiger partial charge in [-0.3, -0.25) is 14.1 Å². The van der Waals surface area contributed by atoms with Crippen molar-refractivity contribution in [2.24, 2.45) is 12.5 Å². The van der Waals surface area contributed by atoms with Gasteiger partial charge in [0.1, 0.15) is 0 Å². The van der Waals surface area contributed by atoms with E-state index in [0.717, 1.165) is 16.8 Å². The molecule has 0 atom stereocenters. The third-order valence-electron chi connectivity index (χ3n) is 3.57. The third kappa shape index (κ3) is 2.54. The van der Waals surface area contributed by atoms with Gasteiger partial charge >= 0.3 is 5.69 Å². The highest BCUT2D eigenvalue weighted by Gasteiger charge is 2.18. The second-order valence-corrected chi connectivity index (χ2v) is 6.77. The minimum atomic E-state index is -0.0271. The van der Waals surface area contributed by atoms with Gasteiger partial charge in [0, 0.05) is 31.5 Å². The average molecular weight is 296 g/mol. The SMILES string of the molecule is Cn1c(=O)n(CC(C)(C)C)c2ccc(-c3cccnc3)nc21. The summed E-state index contributed by atoms with van der Waals surface area (Å²) in [4.78, 5) is 21.3. The highest BCUT2D eigenvalue weighted by atomic mass is 16.1. The number of hydrogen-bond acceptors (Lipinski definition) is 3.